The number of aromatic nitrogens is 3. The number of nitrogens with one attached hydrogen (secondary N) is 1. The molecule has 0 radical (unpaired) electrons. The molecule has 1 aromatic carbocycles. The van der Waals surface area contributed by atoms with E-state index >= 15 is 0 Å². The largest absolute Gasteiger partial charge is 0.340 e. The van der Waals surface area contributed by atoms with Crippen LogP contribution < -0.4 is 0 Å². The average Bonchev–Trinajstić information content (AvgIpc) is 3.17. The molecule has 3 aromatic rings. The van der Waals surface area contributed by atoms with Crippen LogP contribution in [0, 0.1) is 11.6 Å². The standard InChI is InChI=1S/C17H16F2N4/c18-13-4-3-11(8-14(13)19)9-23-7-5-12(10-23)16-21-15-2-1-6-20-17(15)22-16/h1-4,6,8,12H,5,7,9-10H2,(H,20,21,22)/t12-/m0/s1. The van der Waals surface area contributed by atoms with Gasteiger partial charge in [-0.1, -0.05) is 6.07 Å². The summed E-state index contributed by atoms with van der Waals surface area (Å²) in [4.78, 5) is 14.4. The van der Waals surface area contributed by atoms with E-state index in [1.165, 1.54) is 12.1 Å². The SMILES string of the molecule is Fc1ccc(CN2CC[C@H](c3nc4ncccc4[nH]3)C2)cc1F. The molecule has 1 aliphatic heterocycles. The van der Waals surface area contributed by atoms with Gasteiger partial charge in [0, 0.05) is 25.2 Å². The molecule has 0 spiro atoms. The van der Waals surface area contributed by atoms with Crippen molar-refractivity contribution >= 4 is 11.2 Å². The Bertz CT molecular complexity index is 812. The maximum Gasteiger partial charge on any atom is 0.177 e. The third-order valence-electron chi connectivity index (χ3n) is 4.33. The van der Waals surface area contributed by atoms with E-state index in [4.69, 9.17) is 0 Å². The molecule has 0 aliphatic carbocycles. The highest BCUT2D eigenvalue weighted by atomic mass is 19.2. The van der Waals surface area contributed by atoms with Gasteiger partial charge in [0.05, 0.1) is 5.52 Å². The van der Waals surface area contributed by atoms with Gasteiger partial charge in [-0.3, -0.25) is 4.90 Å². The first-order valence-corrected chi connectivity index (χ1v) is 7.66. The quantitative estimate of drug-likeness (QED) is 0.807. The van der Waals surface area contributed by atoms with E-state index in [2.05, 4.69) is 19.9 Å². The molecule has 0 amide bonds. The van der Waals surface area contributed by atoms with Crippen LogP contribution in [0.4, 0.5) is 8.78 Å². The number of rotatable bonds is 3. The summed E-state index contributed by atoms with van der Waals surface area (Å²) in [6.45, 7) is 2.37. The predicted octanol–water partition coefficient (Wildman–Crippen LogP) is 3.23. The van der Waals surface area contributed by atoms with Gasteiger partial charge < -0.3 is 4.98 Å². The van der Waals surface area contributed by atoms with E-state index < -0.39 is 11.6 Å². The molecule has 4 nitrogen and oxygen atoms in total. The highest BCUT2D eigenvalue weighted by molar-refractivity contribution is 5.70. The molecule has 0 saturated carbocycles. The summed E-state index contributed by atoms with van der Waals surface area (Å²) in [6.07, 6.45) is 2.72. The van der Waals surface area contributed by atoms with E-state index in [1.54, 1.807) is 12.3 Å². The molecule has 0 unspecified atom stereocenters. The number of halogens is 2. The molecule has 1 N–H and O–H groups in total. The number of hydrogen-bond acceptors (Lipinski definition) is 3. The minimum atomic E-state index is -0.803. The molecule has 1 saturated heterocycles. The first-order chi connectivity index (χ1) is 11.2. The number of likely N-dealkylation sites (tertiary alicyclic amines) is 1. The first-order valence-electron chi connectivity index (χ1n) is 7.66. The lowest BCUT2D eigenvalue weighted by Crippen LogP contribution is -2.20. The fourth-order valence-corrected chi connectivity index (χ4v) is 3.15. The summed E-state index contributed by atoms with van der Waals surface area (Å²) in [5.41, 5.74) is 2.47. The van der Waals surface area contributed by atoms with Gasteiger partial charge in [0.25, 0.3) is 0 Å². The predicted molar refractivity (Wildman–Crippen MR) is 82.9 cm³/mol. The normalized spacial score (nSPS) is 18.8. The molecular formula is C17H16F2N4. The van der Waals surface area contributed by atoms with Crippen LogP contribution in [0.1, 0.15) is 23.7 Å². The second-order valence-electron chi connectivity index (χ2n) is 5.97. The van der Waals surface area contributed by atoms with Crippen molar-refractivity contribution < 1.29 is 8.78 Å². The molecule has 1 fully saturated rings. The number of H-pyrrole nitrogens is 1. The Hall–Kier alpha value is -2.34. The summed E-state index contributed by atoms with van der Waals surface area (Å²) < 4.78 is 26.3. The van der Waals surface area contributed by atoms with Crippen molar-refractivity contribution in [2.45, 2.75) is 18.9 Å². The van der Waals surface area contributed by atoms with E-state index in [-0.39, 0.29) is 0 Å². The second-order valence-corrected chi connectivity index (χ2v) is 5.97. The minimum absolute atomic E-state index is 0.314. The molecule has 6 heteroatoms. The van der Waals surface area contributed by atoms with Crippen LogP contribution >= 0.6 is 0 Å². The molecule has 1 atom stereocenters. The van der Waals surface area contributed by atoms with Gasteiger partial charge in [0.15, 0.2) is 17.3 Å². The lowest BCUT2D eigenvalue weighted by Gasteiger charge is -2.15. The Labute approximate surface area is 132 Å². The summed E-state index contributed by atoms with van der Waals surface area (Å²) in [7, 11) is 0. The van der Waals surface area contributed by atoms with Crippen molar-refractivity contribution in [1.29, 1.82) is 0 Å². The number of nitrogens with zero attached hydrogens (tertiary/aromatic N) is 3. The van der Waals surface area contributed by atoms with Crippen molar-refractivity contribution in [3.05, 3.63) is 59.6 Å². The topological polar surface area (TPSA) is 44.8 Å². The number of fused-ring (bicyclic) bond motifs is 1. The van der Waals surface area contributed by atoms with E-state index in [9.17, 15) is 8.78 Å². The lowest BCUT2D eigenvalue weighted by atomic mass is 10.1. The molecule has 3 heterocycles. The number of pyridine rings is 1. The van der Waals surface area contributed by atoms with E-state index in [1.807, 2.05) is 12.1 Å². The maximum absolute atomic E-state index is 13.3. The Morgan fingerprint density at radius 2 is 2.13 bits per heavy atom. The summed E-state index contributed by atoms with van der Waals surface area (Å²) in [6, 6.07) is 7.94. The van der Waals surface area contributed by atoms with Crippen molar-refractivity contribution in [3.63, 3.8) is 0 Å². The fourth-order valence-electron chi connectivity index (χ4n) is 3.15. The smallest absolute Gasteiger partial charge is 0.177 e. The van der Waals surface area contributed by atoms with E-state index in [0.29, 0.717) is 12.5 Å². The molecule has 0 bridgehead atoms. The van der Waals surface area contributed by atoms with Gasteiger partial charge >= 0.3 is 0 Å². The molecule has 118 valence electrons. The summed E-state index contributed by atoms with van der Waals surface area (Å²) >= 11 is 0. The van der Waals surface area contributed by atoms with Crippen molar-refractivity contribution in [2.24, 2.45) is 0 Å². The summed E-state index contributed by atoms with van der Waals surface area (Å²) in [5, 5.41) is 0. The Morgan fingerprint density at radius 1 is 1.22 bits per heavy atom. The zero-order chi connectivity index (χ0) is 15.8. The highest BCUT2D eigenvalue weighted by Crippen LogP contribution is 2.27. The van der Waals surface area contributed by atoms with Gasteiger partial charge in [-0.25, -0.2) is 18.7 Å². The number of benzene rings is 1. The summed E-state index contributed by atoms with van der Waals surface area (Å²) in [5.74, 6) is -0.328. The van der Waals surface area contributed by atoms with Crippen molar-refractivity contribution in [1.82, 2.24) is 19.9 Å². The zero-order valence-corrected chi connectivity index (χ0v) is 12.5. The van der Waals surface area contributed by atoms with Crippen molar-refractivity contribution in [3.8, 4) is 0 Å². The zero-order valence-electron chi connectivity index (χ0n) is 12.5. The molecule has 23 heavy (non-hydrogen) atoms. The average molecular weight is 314 g/mol. The molecular weight excluding hydrogens is 298 g/mol. The number of aromatic amines is 1. The fraction of sp³-hybridized carbons (Fsp3) is 0.294. The highest BCUT2D eigenvalue weighted by Gasteiger charge is 2.26. The monoisotopic (exact) mass is 314 g/mol. The first kappa shape index (κ1) is 14.3. The molecule has 4 rings (SSSR count). The van der Waals surface area contributed by atoms with Gasteiger partial charge in [-0.15, -0.1) is 0 Å². The minimum Gasteiger partial charge on any atom is -0.340 e. The van der Waals surface area contributed by atoms with Crippen LogP contribution in [0.15, 0.2) is 36.5 Å². The third-order valence-corrected chi connectivity index (χ3v) is 4.33. The Kier molecular flexibility index (Phi) is 3.53. The van der Waals surface area contributed by atoms with Gasteiger partial charge in [-0.2, -0.15) is 0 Å². The van der Waals surface area contributed by atoms with Crippen LogP contribution in [0.2, 0.25) is 0 Å². The van der Waals surface area contributed by atoms with Gasteiger partial charge in [0.2, 0.25) is 0 Å². The van der Waals surface area contributed by atoms with E-state index in [0.717, 1.165) is 42.1 Å². The maximum atomic E-state index is 13.3. The molecule has 1 aliphatic rings. The second kappa shape index (κ2) is 5.70. The van der Waals surface area contributed by atoms with Crippen LogP contribution in [0.3, 0.4) is 0 Å². The number of imidazole rings is 1. The van der Waals surface area contributed by atoms with Crippen LogP contribution in [-0.2, 0) is 6.54 Å². The number of hydrogen-bond donors (Lipinski definition) is 1. The van der Waals surface area contributed by atoms with Crippen LogP contribution in [0.25, 0.3) is 11.2 Å². The molecule has 2 aromatic heterocycles. The van der Waals surface area contributed by atoms with Gasteiger partial charge in [-0.05, 0) is 42.8 Å². The van der Waals surface area contributed by atoms with Crippen LogP contribution in [0.5, 0.6) is 0 Å². The Morgan fingerprint density at radius 3 is 2.96 bits per heavy atom. The third kappa shape index (κ3) is 2.82. The van der Waals surface area contributed by atoms with Gasteiger partial charge in [0.1, 0.15) is 5.82 Å². The Balaban J connectivity index is 1.47. The van der Waals surface area contributed by atoms with Crippen molar-refractivity contribution in [2.75, 3.05) is 13.1 Å². The lowest BCUT2D eigenvalue weighted by molar-refractivity contribution is 0.325. The van der Waals surface area contributed by atoms with Crippen LogP contribution in [-0.4, -0.2) is 32.9 Å².